The first-order valence-electron chi connectivity index (χ1n) is 6.60. The Labute approximate surface area is 107 Å². The van der Waals surface area contributed by atoms with E-state index in [0.717, 1.165) is 31.0 Å². The molecule has 1 aliphatic heterocycles. The average molecular weight is 245 g/mol. The number of fused-ring (bicyclic) bond motifs is 1. The highest BCUT2D eigenvalue weighted by molar-refractivity contribution is 5.82. The smallest absolute Gasteiger partial charge is 0.121 e. The van der Waals surface area contributed by atoms with Crippen molar-refractivity contribution in [3.8, 4) is 5.75 Å². The molecule has 0 radical (unpaired) electrons. The van der Waals surface area contributed by atoms with E-state index in [1.165, 1.54) is 23.8 Å². The Hall–Kier alpha value is -1.55. The van der Waals surface area contributed by atoms with Gasteiger partial charge >= 0.3 is 0 Å². The number of nitrogens with one attached hydrogen (secondary N) is 2. The van der Waals surface area contributed by atoms with E-state index in [9.17, 15) is 0 Å². The van der Waals surface area contributed by atoms with Gasteiger partial charge in [0.25, 0.3) is 0 Å². The number of ether oxygens (including phenoxy) is 1. The largest absolute Gasteiger partial charge is 0.493 e. The molecule has 1 aromatic heterocycles. The van der Waals surface area contributed by atoms with Gasteiger partial charge in [-0.15, -0.1) is 0 Å². The van der Waals surface area contributed by atoms with Crippen LogP contribution >= 0.6 is 0 Å². The zero-order valence-corrected chi connectivity index (χ0v) is 10.7. The lowest BCUT2D eigenvalue weighted by Gasteiger charge is -2.22. The van der Waals surface area contributed by atoms with Crippen LogP contribution < -0.4 is 10.1 Å². The highest BCUT2D eigenvalue weighted by Gasteiger charge is 2.14. The summed E-state index contributed by atoms with van der Waals surface area (Å²) in [4.78, 5) is 0. The van der Waals surface area contributed by atoms with Gasteiger partial charge in [0.2, 0.25) is 0 Å². The lowest BCUT2D eigenvalue weighted by molar-refractivity contribution is 0.215. The van der Waals surface area contributed by atoms with Gasteiger partial charge in [0.1, 0.15) is 5.75 Å². The van der Waals surface area contributed by atoms with Crippen LogP contribution in [0.4, 0.5) is 0 Å². The van der Waals surface area contributed by atoms with Gasteiger partial charge in [-0.2, -0.15) is 5.10 Å². The van der Waals surface area contributed by atoms with Crippen molar-refractivity contribution in [2.45, 2.75) is 19.8 Å². The van der Waals surface area contributed by atoms with Crippen LogP contribution in [-0.2, 0) is 0 Å². The van der Waals surface area contributed by atoms with Crippen LogP contribution in [0.1, 0.15) is 18.4 Å². The van der Waals surface area contributed by atoms with Crippen LogP contribution in [-0.4, -0.2) is 29.9 Å². The van der Waals surface area contributed by atoms with Crippen molar-refractivity contribution in [2.24, 2.45) is 5.92 Å². The van der Waals surface area contributed by atoms with Crippen molar-refractivity contribution in [2.75, 3.05) is 19.7 Å². The van der Waals surface area contributed by atoms with Crippen LogP contribution in [0.5, 0.6) is 5.75 Å². The summed E-state index contributed by atoms with van der Waals surface area (Å²) < 4.78 is 5.93. The summed E-state index contributed by atoms with van der Waals surface area (Å²) in [5, 5.41) is 11.6. The summed E-state index contributed by atoms with van der Waals surface area (Å²) in [7, 11) is 0. The molecule has 0 spiro atoms. The molecule has 0 amide bonds. The lowest BCUT2D eigenvalue weighted by Crippen LogP contribution is -2.30. The van der Waals surface area contributed by atoms with Crippen molar-refractivity contribution in [3.05, 3.63) is 23.9 Å². The Morgan fingerprint density at radius 3 is 3.00 bits per heavy atom. The summed E-state index contributed by atoms with van der Waals surface area (Å²) in [5.74, 6) is 1.63. The Bertz CT molecular complexity index is 529. The van der Waals surface area contributed by atoms with E-state index in [1.54, 1.807) is 0 Å². The third-order valence-corrected chi connectivity index (χ3v) is 3.68. The van der Waals surface area contributed by atoms with Crippen LogP contribution in [0.2, 0.25) is 0 Å². The highest BCUT2D eigenvalue weighted by Crippen LogP contribution is 2.24. The molecule has 1 saturated heterocycles. The van der Waals surface area contributed by atoms with Gasteiger partial charge in [-0.25, -0.2) is 0 Å². The minimum atomic E-state index is 0.684. The zero-order chi connectivity index (χ0) is 12.4. The molecule has 18 heavy (non-hydrogen) atoms. The Balaban J connectivity index is 1.70. The molecule has 2 heterocycles. The van der Waals surface area contributed by atoms with E-state index in [1.807, 2.05) is 12.3 Å². The summed E-state index contributed by atoms with van der Waals surface area (Å²) in [6.45, 7) is 5.15. The number of hydrogen-bond acceptors (Lipinski definition) is 3. The van der Waals surface area contributed by atoms with Gasteiger partial charge < -0.3 is 10.1 Å². The number of aromatic nitrogens is 2. The Kier molecular flexibility index (Phi) is 3.19. The fourth-order valence-corrected chi connectivity index (χ4v) is 2.54. The van der Waals surface area contributed by atoms with Gasteiger partial charge in [0, 0.05) is 11.5 Å². The predicted molar refractivity (Wildman–Crippen MR) is 71.9 cm³/mol. The first-order chi connectivity index (χ1) is 8.83. The van der Waals surface area contributed by atoms with Crippen molar-refractivity contribution in [3.63, 3.8) is 0 Å². The predicted octanol–water partition coefficient (Wildman–Crippen LogP) is 2.25. The Morgan fingerprint density at radius 2 is 2.17 bits per heavy atom. The number of H-pyrrole nitrogens is 1. The van der Waals surface area contributed by atoms with E-state index in [2.05, 4.69) is 28.5 Å². The monoisotopic (exact) mass is 245 g/mol. The number of benzene rings is 1. The molecule has 0 aliphatic carbocycles. The Morgan fingerprint density at radius 1 is 1.33 bits per heavy atom. The maximum Gasteiger partial charge on any atom is 0.121 e. The molecule has 96 valence electrons. The number of piperidine rings is 1. The summed E-state index contributed by atoms with van der Waals surface area (Å²) in [5.41, 5.74) is 2.26. The van der Waals surface area contributed by atoms with Gasteiger partial charge in [0.15, 0.2) is 0 Å². The molecule has 2 aromatic rings. The zero-order valence-electron chi connectivity index (χ0n) is 10.7. The number of nitrogens with zero attached hydrogens (tertiary/aromatic N) is 1. The van der Waals surface area contributed by atoms with Crippen molar-refractivity contribution >= 4 is 10.9 Å². The molecule has 0 unspecified atom stereocenters. The lowest BCUT2D eigenvalue weighted by atomic mass is 9.99. The highest BCUT2D eigenvalue weighted by atomic mass is 16.5. The second-order valence-electron chi connectivity index (χ2n) is 5.08. The van der Waals surface area contributed by atoms with E-state index in [0.29, 0.717) is 5.92 Å². The normalized spacial score (nSPS) is 17.2. The molecule has 0 bridgehead atoms. The minimum absolute atomic E-state index is 0.684. The molecule has 3 rings (SSSR count). The maximum absolute atomic E-state index is 5.93. The van der Waals surface area contributed by atoms with Gasteiger partial charge in [-0.05, 0) is 50.4 Å². The molecule has 4 heteroatoms. The number of aryl methyl sites for hydroxylation is 1. The number of aromatic amines is 1. The molecule has 1 fully saturated rings. The van der Waals surface area contributed by atoms with Gasteiger partial charge in [-0.1, -0.05) is 0 Å². The number of rotatable bonds is 3. The third kappa shape index (κ3) is 2.34. The molecule has 2 N–H and O–H groups in total. The quantitative estimate of drug-likeness (QED) is 0.872. The van der Waals surface area contributed by atoms with Crippen LogP contribution in [0, 0.1) is 12.8 Å². The molecule has 0 saturated carbocycles. The average Bonchev–Trinajstić information content (AvgIpc) is 2.86. The van der Waals surface area contributed by atoms with E-state index in [-0.39, 0.29) is 0 Å². The fraction of sp³-hybridized carbons (Fsp3) is 0.500. The second kappa shape index (κ2) is 4.98. The number of hydrogen-bond donors (Lipinski definition) is 2. The molecule has 0 atom stereocenters. The maximum atomic E-state index is 5.93. The van der Waals surface area contributed by atoms with Crippen LogP contribution in [0.3, 0.4) is 0 Å². The first kappa shape index (κ1) is 11.5. The molecule has 4 nitrogen and oxygen atoms in total. The van der Waals surface area contributed by atoms with Crippen LogP contribution in [0.25, 0.3) is 10.9 Å². The summed E-state index contributed by atoms with van der Waals surface area (Å²) >= 11 is 0. The summed E-state index contributed by atoms with van der Waals surface area (Å²) in [6.07, 6.45) is 4.29. The summed E-state index contributed by atoms with van der Waals surface area (Å²) in [6, 6.07) is 4.13. The second-order valence-corrected chi connectivity index (χ2v) is 5.08. The van der Waals surface area contributed by atoms with Gasteiger partial charge in [-0.3, -0.25) is 5.10 Å². The van der Waals surface area contributed by atoms with E-state index in [4.69, 9.17) is 4.74 Å². The molecular weight excluding hydrogens is 226 g/mol. The molecular formula is C14H19N3O. The van der Waals surface area contributed by atoms with Crippen molar-refractivity contribution in [1.29, 1.82) is 0 Å². The third-order valence-electron chi connectivity index (χ3n) is 3.68. The standard InChI is InChI=1S/C14H19N3O/c1-10-6-12(7-14-13(10)8-16-17-14)18-9-11-2-4-15-5-3-11/h6-8,11,15H,2-5,9H2,1H3,(H,16,17). The van der Waals surface area contributed by atoms with Gasteiger partial charge in [0.05, 0.1) is 18.3 Å². The van der Waals surface area contributed by atoms with E-state index >= 15 is 0 Å². The SMILES string of the molecule is Cc1cc(OCC2CCNCC2)cc2[nH]ncc12. The minimum Gasteiger partial charge on any atom is -0.493 e. The topological polar surface area (TPSA) is 49.9 Å². The van der Waals surface area contributed by atoms with Crippen LogP contribution in [0.15, 0.2) is 18.3 Å². The van der Waals surface area contributed by atoms with E-state index < -0.39 is 0 Å². The van der Waals surface area contributed by atoms with Crippen molar-refractivity contribution in [1.82, 2.24) is 15.5 Å². The molecule has 1 aliphatic rings. The molecule has 1 aromatic carbocycles. The van der Waals surface area contributed by atoms with Crippen molar-refractivity contribution < 1.29 is 4.74 Å². The first-order valence-corrected chi connectivity index (χ1v) is 6.60. The fourth-order valence-electron chi connectivity index (χ4n) is 2.54.